The Labute approximate surface area is 145 Å². The Morgan fingerprint density at radius 3 is 2.64 bits per heavy atom. The first-order chi connectivity index (χ1) is 12.2. The molecule has 0 saturated carbocycles. The molecule has 0 aliphatic rings. The molecule has 3 rings (SSSR count). The first kappa shape index (κ1) is 16.4. The van der Waals surface area contributed by atoms with Crippen molar-refractivity contribution >= 4 is 17.6 Å². The molecule has 0 aliphatic heterocycles. The topological polar surface area (TPSA) is 70.8 Å². The zero-order valence-corrected chi connectivity index (χ0v) is 13.8. The number of hydrogen-bond acceptors (Lipinski definition) is 4. The lowest BCUT2D eigenvalue weighted by Crippen LogP contribution is -2.18. The fourth-order valence-corrected chi connectivity index (χ4v) is 2.45. The van der Waals surface area contributed by atoms with Crippen LogP contribution in [0.3, 0.4) is 0 Å². The van der Waals surface area contributed by atoms with Crippen molar-refractivity contribution in [3.8, 4) is 5.69 Å². The number of nitrogens with one attached hydrogen (secondary N) is 2. The minimum absolute atomic E-state index is 0.208. The van der Waals surface area contributed by atoms with Crippen LogP contribution in [-0.4, -0.2) is 16.0 Å². The summed E-state index contributed by atoms with van der Waals surface area (Å²) in [7, 11) is 0. The van der Waals surface area contributed by atoms with Crippen LogP contribution in [0, 0.1) is 12.3 Å². The molecule has 0 fully saturated rings. The average Bonchev–Trinajstić information content (AvgIpc) is 2.63. The lowest BCUT2D eigenvalue weighted by atomic mass is 10.2. The van der Waals surface area contributed by atoms with Gasteiger partial charge in [-0.25, -0.2) is 4.68 Å². The van der Waals surface area contributed by atoms with Crippen LogP contribution in [0.15, 0.2) is 77.7 Å². The van der Waals surface area contributed by atoms with Gasteiger partial charge in [0.05, 0.1) is 11.4 Å². The number of rotatable bonds is 5. The lowest BCUT2D eigenvalue weighted by molar-refractivity contribution is 0.824. The van der Waals surface area contributed by atoms with E-state index in [1.165, 1.54) is 12.1 Å². The van der Waals surface area contributed by atoms with Crippen molar-refractivity contribution in [1.29, 1.82) is 5.41 Å². The summed E-state index contributed by atoms with van der Waals surface area (Å²) >= 11 is 0. The Kier molecular flexibility index (Phi) is 4.85. The Hall–Kier alpha value is -3.47. The predicted octanol–water partition coefficient (Wildman–Crippen LogP) is 3.64. The van der Waals surface area contributed by atoms with Crippen molar-refractivity contribution < 1.29 is 0 Å². The van der Waals surface area contributed by atoms with Gasteiger partial charge in [-0.05, 0) is 42.8 Å². The number of hydrogen-bond donors (Lipinski definition) is 2. The van der Waals surface area contributed by atoms with Gasteiger partial charge in [-0.1, -0.05) is 30.3 Å². The molecule has 1 aromatic heterocycles. The minimum Gasteiger partial charge on any atom is -0.354 e. The van der Waals surface area contributed by atoms with Crippen LogP contribution < -0.4 is 10.7 Å². The molecule has 3 aromatic rings. The summed E-state index contributed by atoms with van der Waals surface area (Å²) in [6.45, 7) is 2.00. The maximum absolute atomic E-state index is 12.3. The highest BCUT2D eigenvalue weighted by atomic mass is 16.1. The molecule has 0 amide bonds. The third-order valence-corrected chi connectivity index (χ3v) is 3.63. The van der Waals surface area contributed by atoms with Gasteiger partial charge in [0.25, 0.3) is 0 Å². The quantitative estimate of drug-likeness (QED) is 0.702. The van der Waals surface area contributed by atoms with Crippen molar-refractivity contribution in [3.05, 3.63) is 94.4 Å². The molecule has 5 nitrogen and oxygen atoms in total. The van der Waals surface area contributed by atoms with E-state index in [2.05, 4.69) is 10.4 Å². The number of anilines is 1. The molecule has 0 spiro atoms. The molecule has 124 valence electrons. The van der Waals surface area contributed by atoms with E-state index >= 15 is 0 Å². The van der Waals surface area contributed by atoms with Gasteiger partial charge in [0.1, 0.15) is 0 Å². The van der Waals surface area contributed by atoms with Crippen LogP contribution in [0.5, 0.6) is 0 Å². The second kappa shape index (κ2) is 7.40. The maximum atomic E-state index is 12.3. The smallest absolute Gasteiger partial charge is 0.209 e. The second-order valence-corrected chi connectivity index (χ2v) is 5.55. The first-order valence-electron chi connectivity index (χ1n) is 7.87. The summed E-state index contributed by atoms with van der Waals surface area (Å²) in [4.78, 5) is 12.3. The van der Waals surface area contributed by atoms with Crippen molar-refractivity contribution in [1.82, 2.24) is 9.78 Å². The molecule has 2 aromatic carbocycles. The van der Waals surface area contributed by atoms with Crippen molar-refractivity contribution in [3.63, 3.8) is 0 Å². The normalized spacial score (nSPS) is 11.2. The number of benzene rings is 2. The molecular formula is C20H18N4O. The average molecular weight is 330 g/mol. The molecule has 5 heteroatoms. The van der Waals surface area contributed by atoms with Crippen LogP contribution in [0.4, 0.5) is 5.69 Å². The van der Waals surface area contributed by atoms with Gasteiger partial charge in [-0.2, -0.15) is 5.10 Å². The van der Waals surface area contributed by atoms with Crippen LogP contribution in [0.2, 0.25) is 0 Å². The molecule has 0 saturated heterocycles. The van der Waals surface area contributed by atoms with Gasteiger partial charge in [0.15, 0.2) is 5.69 Å². The van der Waals surface area contributed by atoms with Gasteiger partial charge >= 0.3 is 0 Å². The summed E-state index contributed by atoms with van der Waals surface area (Å²) in [5, 5.41) is 15.0. The van der Waals surface area contributed by atoms with E-state index in [1.54, 1.807) is 10.9 Å². The predicted molar refractivity (Wildman–Crippen MR) is 101 cm³/mol. The Morgan fingerprint density at radius 1 is 1.12 bits per heavy atom. The summed E-state index contributed by atoms with van der Waals surface area (Å²) < 4.78 is 1.66. The molecule has 0 atom stereocenters. The minimum atomic E-state index is -0.208. The van der Waals surface area contributed by atoms with Crippen molar-refractivity contribution in [2.24, 2.45) is 0 Å². The number of nitrogens with zero attached hydrogens (tertiary/aromatic N) is 2. The SMILES string of the molecule is Cc1cccc(-n2ccc(=O)c(/C(=C/C=N)Nc3ccccc3)n2)c1. The number of aromatic nitrogens is 2. The zero-order chi connectivity index (χ0) is 17.6. The first-order valence-corrected chi connectivity index (χ1v) is 7.87. The Bertz CT molecular complexity index is 974. The zero-order valence-electron chi connectivity index (χ0n) is 13.8. The number of para-hydroxylation sites is 1. The number of allylic oxidation sites excluding steroid dienone is 1. The fourth-order valence-electron chi connectivity index (χ4n) is 2.45. The molecule has 2 N–H and O–H groups in total. The highest BCUT2D eigenvalue weighted by Crippen LogP contribution is 2.15. The van der Waals surface area contributed by atoms with Crippen LogP contribution in [0.25, 0.3) is 11.4 Å². The van der Waals surface area contributed by atoms with Gasteiger partial charge in [-0.15, -0.1) is 0 Å². The summed E-state index contributed by atoms with van der Waals surface area (Å²) in [5.41, 5.74) is 3.33. The van der Waals surface area contributed by atoms with Crippen LogP contribution in [-0.2, 0) is 0 Å². The van der Waals surface area contributed by atoms with Gasteiger partial charge in [-0.3, -0.25) is 4.79 Å². The fraction of sp³-hybridized carbons (Fsp3) is 0.0500. The number of aryl methyl sites for hydroxylation is 1. The molecule has 25 heavy (non-hydrogen) atoms. The highest BCUT2D eigenvalue weighted by Gasteiger charge is 2.10. The Balaban J connectivity index is 2.04. The van der Waals surface area contributed by atoms with Gasteiger partial charge in [0.2, 0.25) is 5.43 Å². The molecule has 1 heterocycles. The molecular weight excluding hydrogens is 312 g/mol. The maximum Gasteiger partial charge on any atom is 0.209 e. The largest absolute Gasteiger partial charge is 0.354 e. The van der Waals surface area contributed by atoms with Crippen molar-refractivity contribution in [2.45, 2.75) is 6.92 Å². The standard InChI is InChI=1S/C20H18N4O/c1-15-6-5-9-17(14-15)24-13-11-19(25)20(23-24)18(10-12-21)22-16-7-3-2-4-8-16/h2-14,21-22H,1H3/b18-10-,21-12?. The van der Waals surface area contributed by atoms with E-state index < -0.39 is 0 Å². The molecule has 0 bridgehead atoms. The van der Waals surface area contributed by atoms with E-state index in [0.717, 1.165) is 23.2 Å². The highest BCUT2D eigenvalue weighted by molar-refractivity contribution is 5.86. The van der Waals surface area contributed by atoms with E-state index in [-0.39, 0.29) is 11.1 Å². The van der Waals surface area contributed by atoms with E-state index in [4.69, 9.17) is 5.41 Å². The molecule has 0 radical (unpaired) electrons. The molecule has 0 unspecified atom stereocenters. The monoisotopic (exact) mass is 330 g/mol. The molecule has 0 aliphatic carbocycles. The van der Waals surface area contributed by atoms with Gasteiger partial charge in [0, 0.05) is 24.2 Å². The third kappa shape index (κ3) is 3.90. The third-order valence-electron chi connectivity index (χ3n) is 3.63. The van der Waals surface area contributed by atoms with E-state index in [0.29, 0.717) is 5.70 Å². The summed E-state index contributed by atoms with van der Waals surface area (Å²) in [5.74, 6) is 0. The van der Waals surface area contributed by atoms with Gasteiger partial charge < -0.3 is 10.7 Å². The van der Waals surface area contributed by atoms with E-state index in [9.17, 15) is 4.79 Å². The van der Waals surface area contributed by atoms with E-state index in [1.807, 2.05) is 61.5 Å². The second-order valence-electron chi connectivity index (χ2n) is 5.55. The summed E-state index contributed by atoms with van der Waals surface area (Å²) in [6.07, 6.45) is 4.30. The van der Waals surface area contributed by atoms with Crippen LogP contribution in [0.1, 0.15) is 11.3 Å². The lowest BCUT2D eigenvalue weighted by Gasteiger charge is -2.12. The Morgan fingerprint density at radius 2 is 1.92 bits per heavy atom. The van der Waals surface area contributed by atoms with Crippen LogP contribution >= 0.6 is 0 Å². The summed E-state index contributed by atoms with van der Waals surface area (Å²) in [6, 6.07) is 18.8. The van der Waals surface area contributed by atoms with Crippen molar-refractivity contribution in [2.75, 3.05) is 5.32 Å².